The fraction of sp³-hybridized carbons (Fsp3) is 0.136. The topological polar surface area (TPSA) is 50.4 Å². The van der Waals surface area contributed by atoms with Crippen molar-refractivity contribution in [1.29, 1.82) is 0 Å². The second kappa shape index (κ2) is 9.10. The highest BCUT2D eigenvalue weighted by Gasteiger charge is 2.16. The summed E-state index contributed by atoms with van der Waals surface area (Å²) in [5.41, 5.74) is 2.70. The smallest absolute Gasteiger partial charge is 0.319 e. The Bertz CT molecular complexity index is 885. The maximum absolute atomic E-state index is 12.6. The Morgan fingerprint density at radius 3 is 2.33 bits per heavy atom. The zero-order chi connectivity index (χ0) is 19.1. The molecule has 4 nitrogen and oxygen atoms in total. The lowest BCUT2D eigenvalue weighted by Gasteiger charge is -2.20. The van der Waals surface area contributed by atoms with Crippen molar-refractivity contribution in [2.75, 3.05) is 12.4 Å². The van der Waals surface area contributed by atoms with Gasteiger partial charge in [0.1, 0.15) is 5.75 Å². The highest BCUT2D eigenvalue weighted by atomic mass is 35.5. The molecule has 0 radical (unpaired) electrons. The van der Waals surface area contributed by atoms with Gasteiger partial charge in [-0.25, -0.2) is 4.79 Å². The fourth-order valence-electron chi connectivity index (χ4n) is 2.88. The van der Waals surface area contributed by atoms with Crippen LogP contribution in [0.15, 0.2) is 78.9 Å². The number of hydrogen-bond acceptors (Lipinski definition) is 2. The van der Waals surface area contributed by atoms with E-state index < -0.39 is 0 Å². The Hall–Kier alpha value is -2.98. The molecule has 0 unspecified atom stereocenters. The van der Waals surface area contributed by atoms with E-state index in [4.69, 9.17) is 16.3 Å². The lowest BCUT2D eigenvalue weighted by molar-refractivity contribution is 0.248. The van der Waals surface area contributed by atoms with Gasteiger partial charge in [-0.2, -0.15) is 0 Å². The summed E-state index contributed by atoms with van der Waals surface area (Å²) in [5, 5.41) is 6.40. The van der Waals surface area contributed by atoms with Crippen LogP contribution in [0, 0.1) is 0 Å². The molecule has 0 spiro atoms. The monoisotopic (exact) mass is 380 g/mol. The maximum atomic E-state index is 12.6. The molecule has 0 fully saturated rings. The highest BCUT2D eigenvalue weighted by Crippen LogP contribution is 2.28. The summed E-state index contributed by atoms with van der Waals surface area (Å²) in [7, 11) is 1.55. The van der Waals surface area contributed by atoms with E-state index in [0.717, 1.165) is 11.1 Å². The summed E-state index contributed by atoms with van der Waals surface area (Å²) < 4.78 is 5.29. The first-order chi connectivity index (χ1) is 13.2. The van der Waals surface area contributed by atoms with Gasteiger partial charge in [0.2, 0.25) is 0 Å². The number of urea groups is 1. The van der Waals surface area contributed by atoms with Crippen molar-refractivity contribution < 1.29 is 9.53 Å². The number of amides is 2. The van der Waals surface area contributed by atoms with Crippen LogP contribution in [0.2, 0.25) is 5.02 Å². The molecule has 0 aromatic heterocycles. The molecule has 0 saturated carbocycles. The number of hydrogen-bond donors (Lipinski definition) is 2. The molecule has 5 heteroatoms. The number of methoxy groups -OCH3 is 1. The molecule has 3 rings (SSSR count). The van der Waals surface area contributed by atoms with Gasteiger partial charge < -0.3 is 15.4 Å². The minimum absolute atomic E-state index is 0.168. The third-order valence-corrected chi connectivity index (χ3v) is 4.43. The molecule has 0 aliphatic carbocycles. The Balaban J connectivity index is 1.77. The van der Waals surface area contributed by atoms with Crippen molar-refractivity contribution in [2.45, 2.75) is 12.5 Å². The number of carbonyl (C=O) groups is 1. The predicted molar refractivity (Wildman–Crippen MR) is 109 cm³/mol. The summed E-state index contributed by atoms with van der Waals surface area (Å²) in [6.45, 7) is 0. The quantitative estimate of drug-likeness (QED) is 0.597. The largest absolute Gasteiger partial charge is 0.495 e. The van der Waals surface area contributed by atoms with E-state index in [-0.39, 0.29) is 12.1 Å². The van der Waals surface area contributed by atoms with Gasteiger partial charge in [-0.3, -0.25) is 0 Å². The third kappa shape index (κ3) is 5.25. The first-order valence-corrected chi connectivity index (χ1v) is 9.03. The van der Waals surface area contributed by atoms with Crippen LogP contribution in [0.3, 0.4) is 0 Å². The lowest BCUT2D eigenvalue weighted by atomic mass is 9.99. The lowest BCUT2D eigenvalue weighted by Crippen LogP contribution is -2.33. The van der Waals surface area contributed by atoms with Gasteiger partial charge in [0.05, 0.1) is 18.8 Å². The zero-order valence-electron chi connectivity index (χ0n) is 15.0. The van der Waals surface area contributed by atoms with Crippen molar-refractivity contribution in [3.8, 4) is 5.75 Å². The molecule has 3 aromatic carbocycles. The van der Waals surface area contributed by atoms with Crippen LogP contribution in [-0.2, 0) is 6.42 Å². The standard InChI is InChI=1S/C22H21ClN2O2/c1-27-21-13-12-18(23)15-20(21)25-22(26)24-19(17-10-6-3-7-11-17)14-16-8-4-2-5-9-16/h2-13,15,19H,14H2,1H3,(H2,24,25,26)/t19-/m1/s1. The second-order valence-electron chi connectivity index (χ2n) is 6.10. The number of benzene rings is 3. The summed E-state index contributed by atoms with van der Waals surface area (Å²) >= 11 is 6.04. The zero-order valence-corrected chi connectivity index (χ0v) is 15.7. The van der Waals surface area contributed by atoms with Gasteiger partial charge in [0.25, 0.3) is 0 Å². The Labute approximate surface area is 164 Å². The fourth-order valence-corrected chi connectivity index (χ4v) is 3.05. The minimum atomic E-state index is -0.319. The molecule has 2 amide bonds. The van der Waals surface area contributed by atoms with E-state index in [1.54, 1.807) is 25.3 Å². The number of nitrogens with one attached hydrogen (secondary N) is 2. The molecule has 1 atom stereocenters. The van der Waals surface area contributed by atoms with E-state index in [1.165, 1.54) is 0 Å². The van der Waals surface area contributed by atoms with Gasteiger partial charge in [0.15, 0.2) is 0 Å². The molecule has 138 valence electrons. The number of ether oxygens (including phenoxy) is 1. The van der Waals surface area contributed by atoms with Crippen molar-refractivity contribution in [3.05, 3.63) is 95.0 Å². The van der Waals surface area contributed by atoms with Gasteiger partial charge in [-0.05, 0) is 35.7 Å². The van der Waals surface area contributed by atoms with Crippen LogP contribution < -0.4 is 15.4 Å². The third-order valence-electron chi connectivity index (χ3n) is 4.20. The van der Waals surface area contributed by atoms with E-state index in [2.05, 4.69) is 22.8 Å². The van der Waals surface area contributed by atoms with Crippen molar-refractivity contribution in [3.63, 3.8) is 0 Å². The summed E-state index contributed by atoms with van der Waals surface area (Å²) in [5.74, 6) is 0.550. The number of halogens is 1. The molecule has 3 aromatic rings. The van der Waals surface area contributed by atoms with Gasteiger partial charge in [-0.15, -0.1) is 0 Å². The van der Waals surface area contributed by atoms with Gasteiger partial charge in [0, 0.05) is 5.02 Å². The molecule has 0 aliphatic heterocycles. The van der Waals surface area contributed by atoms with Gasteiger partial charge >= 0.3 is 6.03 Å². The van der Waals surface area contributed by atoms with Crippen LogP contribution in [0.4, 0.5) is 10.5 Å². The summed E-state index contributed by atoms with van der Waals surface area (Å²) in [4.78, 5) is 12.6. The Kier molecular flexibility index (Phi) is 6.34. The van der Waals surface area contributed by atoms with Crippen molar-refractivity contribution in [2.24, 2.45) is 0 Å². The Morgan fingerprint density at radius 2 is 1.67 bits per heavy atom. The molecular formula is C22H21ClN2O2. The van der Waals surface area contributed by atoms with Gasteiger partial charge in [-0.1, -0.05) is 72.3 Å². The maximum Gasteiger partial charge on any atom is 0.319 e. The van der Waals surface area contributed by atoms with Crippen LogP contribution in [0.25, 0.3) is 0 Å². The first-order valence-electron chi connectivity index (χ1n) is 8.65. The Morgan fingerprint density at radius 1 is 1.00 bits per heavy atom. The molecule has 0 bridgehead atoms. The van der Waals surface area contributed by atoms with E-state index in [1.807, 2.05) is 48.5 Å². The van der Waals surface area contributed by atoms with Crippen LogP contribution >= 0.6 is 11.6 Å². The molecular weight excluding hydrogens is 360 g/mol. The van der Waals surface area contributed by atoms with E-state index in [9.17, 15) is 4.79 Å². The molecule has 0 aliphatic rings. The summed E-state index contributed by atoms with van der Waals surface area (Å²) in [6, 6.07) is 24.6. The highest BCUT2D eigenvalue weighted by molar-refractivity contribution is 6.31. The molecule has 0 heterocycles. The average Bonchev–Trinajstić information content (AvgIpc) is 2.69. The number of anilines is 1. The molecule has 0 saturated heterocycles. The normalized spacial score (nSPS) is 11.5. The summed E-state index contributed by atoms with van der Waals surface area (Å²) in [6.07, 6.45) is 0.685. The molecule has 2 N–H and O–H groups in total. The number of rotatable bonds is 6. The van der Waals surface area contributed by atoms with Crippen LogP contribution in [0.5, 0.6) is 5.75 Å². The van der Waals surface area contributed by atoms with E-state index >= 15 is 0 Å². The predicted octanol–water partition coefficient (Wildman–Crippen LogP) is 5.45. The van der Waals surface area contributed by atoms with E-state index in [0.29, 0.717) is 22.9 Å². The average molecular weight is 381 g/mol. The minimum Gasteiger partial charge on any atom is -0.495 e. The second-order valence-corrected chi connectivity index (χ2v) is 6.53. The van der Waals surface area contributed by atoms with Crippen LogP contribution in [0.1, 0.15) is 17.2 Å². The number of carbonyl (C=O) groups excluding carboxylic acids is 1. The van der Waals surface area contributed by atoms with Crippen LogP contribution in [-0.4, -0.2) is 13.1 Å². The first kappa shape index (κ1) is 18.8. The molecule has 27 heavy (non-hydrogen) atoms. The van der Waals surface area contributed by atoms with Crippen molar-refractivity contribution >= 4 is 23.3 Å². The van der Waals surface area contributed by atoms with Crippen molar-refractivity contribution in [1.82, 2.24) is 5.32 Å². The SMILES string of the molecule is COc1ccc(Cl)cc1NC(=O)N[C@H](Cc1ccccc1)c1ccccc1.